The topological polar surface area (TPSA) is 87.7 Å². The van der Waals surface area contributed by atoms with Gasteiger partial charge in [0.25, 0.3) is 5.91 Å². The number of rotatable bonds is 5. The van der Waals surface area contributed by atoms with Crippen LogP contribution in [0.5, 0.6) is 5.75 Å². The molecule has 0 bridgehead atoms. The van der Waals surface area contributed by atoms with Gasteiger partial charge in [0, 0.05) is 5.69 Å². The van der Waals surface area contributed by atoms with Gasteiger partial charge in [-0.1, -0.05) is 29.8 Å². The van der Waals surface area contributed by atoms with E-state index in [4.69, 9.17) is 0 Å². The molecule has 3 rings (SSSR count). The van der Waals surface area contributed by atoms with Gasteiger partial charge in [0.05, 0.1) is 0 Å². The molecule has 0 aromatic heterocycles. The van der Waals surface area contributed by atoms with E-state index in [1.807, 2.05) is 19.1 Å². The molecule has 10 heteroatoms. The fourth-order valence-corrected chi connectivity index (χ4v) is 3.01. The highest BCUT2D eigenvalue weighted by Gasteiger charge is 2.49. The number of aryl methyl sites for hydroxylation is 1. The van der Waals surface area contributed by atoms with E-state index in [1.165, 1.54) is 12.1 Å². The van der Waals surface area contributed by atoms with Crippen LogP contribution in [0.25, 0.3) is 0 Å². The number of halogens is 3. The highest BCUT2D eigenvalue weighted by atomic mass is 19.4. The average Bonchev–Trinajstić information content (AvgIpc) is 2.87. The number of urea groups is 1. The second-order valence-corrected chi connectivity index (χ2v) is 6.93. The van der Waals surface area contributed by atoms with Crippen molar-refractivity contribution in [3.8, 4) is 5.75 Å². The van der Waals surface area contributed by atoms with Gasteiger partial charge in [-0.25, -0.2) is 4.79 Å². The molecule has 2 N–H and O–H groups in total. The predicted octanol–water partition coefficient (Wildman–Crippen LogP) is 3.30. The lowest BCUT2D eigenvalue weighted by atomic mass is 9.91. The van der Waals surface area contributed by atoms with E-state index in [9.17, 15) is 27.6 Å². The number of alkyl halides is 3. The molecule has 2 aromatic rings. The molecule has 158 valence electrons. The number of anilines is 1. The molecule has 1 aliphatic heterocycles. The van der Waals surface area contributed by atoms with Crippen LogP contribution in [0.15, 0.2) is 48.5 Å². The maximum Gasteiger partial charge on any atom is 0.573 e. The number of nitrogens with zero attached hydrogens (tertiary/aromatic N) is 1. The molecular formula is C20H18F3N3O4. The highest BCUT2D eigenvalue weighted by molar-refractivity contribution is 6.10. The molecule has 30 heavy (non-hydrogen) atoms. The van der Waals surface area contributed by atoms with Crippen molar-refractivity contribution >= 4 is 23.5 Å². The Kier molecular flexibility index (Phi) is 5.43. The Labute approximate surface area is 169 Å². The molecule has 0 saturated carbocycles. The van der Waals surface area contributed by atoms with Gasteiger partial charge >= 0.3 is 12.4 Å². The third-order valence-electron chi connectivity index (χ3n) is 4.58. The highest BCUT2D eigenvalue weighted by Crippen LogP contribution is 2.29. The van der Waals surface area contributed by atoms with Gasteiger partial charge in [-0.2, -0.15) is 0 Å². The molecule has 7 nitrogen and oxygen atoms in total. The first-order chi connectivity index (χ1) is 14.0. The fraction of sp³-hybridized carbons (Fsp3) is 0.250. The van der Waals surface area contributed by atoms with Gasteiger partial charge in [-0.15, -0.1) is 13.2 Å². The summed E-state index contributed by atoms with van der Waals surface area (Å²) >= 11 is 0. The molecule has 1 heterocycles. The van der Waals surface area contributed by atoms with E-state index in [2.05, 4.69) is 15.4 Å². The van der Waals surface area contributed by atoms with Crippen LogP contribution < -0.4 is 15.4 Å². The lowest BCUT2D eigenvalue weighted by Crippen LogP contribution is -2.42. The van der Waals surface area contributed by atoms with E-state index >= 15 is 0 Å². The van der Waals surface area contributed by atoms with Gasteiger partial charge in [0.2, 0.25) is 5.91 Å². The molecule has 0 spiro atoms. The van der Waals surface area contributed by atoms with Gasteiger partial charge in [-0.3, -0.25) is 14.5 Å². The summed E-state index contributed by atoms with van der Waals surface area (Å²) in [5, 5.41) is 5.02. The number of imide groups is 1. The largest absolute Gasteiger partial charge is 0.573 e. The van der Waals surface area contributed by atoms with Crippen molar-refractivity contribution in [3.05, 3.63) is 59.7 Å². The number of benzene rings is 2. The van der Waals surface area contributed by atoms with E-state index in [0.717, 1.165) is 22.6 Å². The molecule has 0 radical (unpaired) electrons. The molecule has 2 aromatic carbocycles. The summed E-state index contributed by atoms with van der Waals surface area (Å²) in [6.07, 6.45) is -4.82. The molecule has 0 aliphatic carbocycles. The second-order valence-electron chi connectivity index (χ2n) is 6.93. The molecule has 1 atom stereocenters. The summed E-state index contributed by atoms with van der Waals surface area (Å²) in [4.78, 5) is 38.2. The van der Waals surface area contributed by atoms with Gasteiger partial charge < -0.3 is 15.4 Å². The van der Waals surface area contributed by atoms with Gasteiger partial charge in [0.1, 0.15) is 17.8 Å². The van der Waals surface area contributed by atoms with Crippen molar-refractivity contribution in [2.75, 3.05) is 11.9 Å². The van der Waals surface area contributed by atoms with Crippen LogP contribution in [0.2, 0.25) is 0 Å². The van der Waals surface area contributed by atoms with Crippen molar-refractivity contribution in [2.45, 2.75) is 25.7 Å². The Hall–Kier alpha value is -3.56. The van der Waals surface area contributed by atoms with Crippen LogP contribution in [0, 0.1) is 6.92 Å². The fourth-order valence-electron chi connectivity index (χ4n) is 3.01. The molecular weight excluding hydrogens is 403 g/mol. The lowest BCUT2D eigenvalue weighted by Gasteiger charge is -2.22. The van der Waals surface area contributed by atoms with Crippen molar-refractivity contribution in [2.24, 2.45) is 0 Å². The first-order valence-corrected chi connectivity index (χ1v) is 8.85. The number of ether oxygens (including phenoxy) is 1. The molecule has 1 unspecified atom stereocenters. The maximum absolute atomic E-state index is 12.8. The Morgan fingerprint density at radius 3 is 2.27 bits per heavy atom. The Morgan fingerprint density at radius 2 is 1.70 bits per heavy atom. The quantitative estimate of drug-likeness (QED) is 0.726. The maximum atomic E-state index is 12.8. The van der Waals surface area contributed by atoms with Crippen LogP contribution in [0.3, 0.4) is 0 Å². The third-order valence-corrected chi connectivity index (χ3v) is 4.58. The van der Waals surface area contributed by atoms with Crippen molar-refractivity contribution < 1.29 is 32.3 Å². The zero-order chi connectivity index (χ0) is 22.1. The van der Waals surface area contributed by atoms with E-state index < -0.39 is 42.0 Å². The summed E-state index contributed by atoms with van der Waals surface area (Å²) in [5.74, 6) is -1.71. The minimum atomic E-state index is -4.82. The summed E-state index contributed by atoms with van der Waals surface area (Å²) in [6.45, 7) is 2.89. The Bertz CT molecular complexity index is 974. The first-order valence-electron chi connectivity index (χ1n) is 8.85. The standard InChI is InChI=1S/C20H18F3N3O4/c1-12-3-5-13(6-4-12)19(2)17(28)26(18(29)25-19)11-16(27)24-14-7-9-15(10-8-14)30-20(21,22)23/h3-10H,11H2,1-2H3,(H,24,27)(H,25,29). The van der Waals surface area contributed by atoms with Crippen molar-refractivity contribution in [3.63, 3.8) is 0 Å². The van der Waals surface area contributed by atoms with E-state index in [1.54, 1.807) is 19.1 Å². The summed E-state index contributed by atoms with van der Waals surface area (Å²) < 4.78 is 40.3. The number of carbonyl (C=O) groups is 3. The summed E-state index contributed by atoms with van der Waals surface area (Å²) in [7, 11) is 0. The monoisotopic (exact) mass is 421 g/mol. The van der Waals surface area contributed by atoms with Crippen LogP contribution >= 0.6 is 0 Å². The minimum absolute atomic E-state index is 0.183. The van der Waals surface area contributed by atoms with E-state index in [0.29, 0.717) is 5.56 Å². The number of amides is 4. The SMILES string of the molecule is Cc1ccc(C2(C)NC(=O)N(CC(=O)Nc3ccc(OC(F)(F)F)cc3)C2=O)cc1. The molecule has 4 amide bonds. The molecule has 1 saturated heterocycles. The lowest BCUT2D eigenvalue weighted by molar-refractivity contribution is -0.274. The molecule has 1 fully saturated rings. The van der Waals surface area contributed by atoms with E-state index in [-0.39, 0.29) is 5.69 Å². The third kappa shape index (κ3) is 4.53. The molecule has 1 aliphatic rings. The zero-order valence-corrected chi connectivity index (χ0v) is 16.0. The first kappa shape index (κ1) is 21.2. The number of hydrogen-bond donors (Lipinski definition) is 2. The normalized spacial score (nSPS) is 18.9. The Balaban J connectivity index is 1.66. The second kappa shape index (κ2) is 7.69. The van der Waals surface area contributed by atoms with Gasteiger partial charge in [-0.05, 0) is 43.7 Å². The van der Waals surface area contributed by atoms with Crippen molar-refractivity contribution in [1.82, 2.24) is 10.2 Å². The number of carbonyl (C=O) groups excluding carboxylic acids is 3. The summed E-state index contributed by atoms with van der Waals surface area (Å²) in [5.41, 5.74) is 0.446. The van der Waals surface area contributed by atoms with Crippen LogP contribution in [0.4, 0.5) is 23.7 Å². The number of hydrogen-bond acceptors (Lipinski definition) is 4. The van der Waals surface area contributed by atoms with Gasteiger partial charge in [0.15, 0.2) is 0 Å². The smallest absolute Gasteiger partial charge is 0.406 e. The Morgan fingerprint density at radius 1 is 1.10 bits per heavy atom. The van der Waals surface area contributed by atoms with Crippen LogP contribution in [0.1, 0.15) is 18.1 Å². The minimum Gasteiger partial charge on any atom is -0.406 e. The van der Waals surface area contributed by atoms with Crippen LogP contribution in [-0.4, -0.2) is 35.7 Å². The average molecular weight is 421 g/mol. The predicted molar refractivity (Wildman–Crippen MR) is 101 cm³/mol. The summed E-state index contributed by atoms with van der Waals surface area (Å²) in [6, 6.07) is 10.8. The van der Waals surface area contributed by atoms with Crippen molar-refractivity contribution in [1.29, 1.82) is 0 Å². The zero-order valence-electron chi connectivity index (χ0n) is 16.0. The number of nitrogens with one attached hydrogen (secondary N) is 2. The van der Waals surface area contributed by atoms with Crippen LogP contribution in [-0.2, 0) is 15.1 Å².